The van der Waals surface area contributed by atoms with Crippen molar-refractivity contribution >= 4 is 88.1 Å². The highest BCUT2D eigenvalue weighted by atomic mass is 35.5. The predicted octanol–water partition coefficient (Wildman–Crippen LogP) is 4.87. The molecule has 0 fully saturated rings. The van der Waals surface area contributed by atoms with Crippen LogP contribution < -0.4 is 29.6 Å². The molecule has 0 aromatic heterocycles. The van der Waals surface area contributed by atoms with Gasteiger partial charge in [-0.15, -0.1) is 0 Å². The summed E-state index contributed by atoms with van der Waals surface area (Å²) in [5, 5.41) is 15.0. The van der Waals surface area contributed by atoms with Crippen LogP contribution in [0.4, 0.5) is 0 Å². The number of nitrogens with one attached hydrogen (secondary N) is 2. The molecular formula is C31H30Cl4N2O10. The number of halogens is 4. The standard InChI is InChI=1S/C31H30Cl4N2O10/c1-44-24-15-18(5-9-22(24)46-26(40)11-13-36-30(42)28(32)33)3-7-20(38)17-21(39)8-4-19-6-10-23(25(16-19)45-2)47-27(41)12-14-37-31(43)29(34)35/h3-10,15-17,28-29,38H,11-14H2,1-2H3,(H,36,42)(H,37,43)/b7-3+,8-4+,20-17-. The van der Waals surface area contributed by atoms with Gasteiger partial charge >= 0.3 is 11.9 Å². The molecule has 0 heterocycles. The van der Waals surface area contributed by atoms with Gasteiger partial charge in [0.2, 0.25) is 0 Å². The SMILES string of the molecule is COc1cc(/C=C/C(=O)/C=C(O)/C=C/c2ccc(OC(=O)CCNC(=O)C(Cl)Cl)c(OC)c2)ccc1OC(=O)CCNC(=O)C(Cl)Cl. The summed E-state index contributed by atoms with van der Waals surface area (Å²) in [6, 6.07) is 9.21. The molecule has 47 heavy (non-hydrogen) atoms. The van der Waals surface area contributed by atoms with Crippen molar-refractivity contribution < 1.29 is 48.0 Å². The molecule has 252 valence electrons. The molecule has 0 aliphatic rings. The van der Waals surface area contributed by atoms with E-state index in [-0.39, 0.29) is 54.7 Å². The number of ketones is 1. The Hall–Kier alpha value is -4.23. The van der Waals surface area contributed by atoms with E-state index in [0.717, 1.165) is 6.08 Å². The second kappa shape index (κ2) is 20.1. The molecule has 3 N–H and O–H groups in total. The maximum absolute atomic E-state index is 12.4. The van der Waals surface area contributed by atoms with Crippen LogP contribution in [0.5, 0.6) is 23.0 Å². The Morgan fingerprint density at radius 3 is 1.53 bits per heavy atom. The number of aliphatic hydroxyl groups excluding tert-OH is 1. The number of amides is 2. The zero-order chi connectivity index (χ0) is 34.9. The van der Waals surface area contributed by atoms with Gasteiger partial charge in [-0.3, -0.25) is 24.0 Å². The van der Waals surface area contributed by atoms with Gasteiger partial charge in [0.15, 0.2) is 38.5 Å². The Balaban J connectivity index is 1.96. The van der Waals surface area contributed by atoms with E-state index < -0.39 is 39.2 Å². The number of alkyl halides is 4. The van der Waals surface area contributed by atoms with Crippen LogP contribution in [-0.4, -0.2) is 71.6 Å². The lowest BCUT2D eigenvalue weighted by molar-refractivity contribution is -0.135. The number of methoxy groups -OCH3 is 2. The topological polar surface area (TPSA) is 167 Å². The zero-order valence-corrected chi connectivity index (χ0v) is 28.0. The van der Waals surface area contributed by atoms with E-state index in [4.69, 9.17) is 65.4 Å². The van der Waals surface area contributed by atoms with Gasteiger partial charge in [0, 0.05) is 19.2 Å². The molecule has 2 amide bonds. The van der Waals surface area contributed by atoms with Gasteiger partial charge in [-0.2, -0.15) is 0 Å². The lowest BCUT2D eigenvalue weighted by Crippen LogP contribution is -2.31. The number of carbonyl (C=O) groups excluding carboxylic acids is 5. The molecular weight excluding hydrogens is 702 g/mol. The van der Waals surface area contributed by atoms with Crippen molar-refractivity contribution in [2.45, 2.75) is 22.5 Å². The van der Waals surface area contributed by atoms with E-state index in [0.29, 0.717) is 11.1 Å². The van der Waals surface area contributed by atoms with E-state index in [1.165, 1.54) is 56.7 Å². The summed E-state index contributed by atoms with van der Waals surface area (Å²) in [5.74, 6) is -2.68. The molecule has 2 aromatic carbocycles. The number of esters is 2. The zero-order valence-electron chi connectivity index (χ0n) is 25.0. The van der Waals surface area contributed by atoms with Crippen LogP contribution in [0.2, 0.25) is 0 Å². The first kappa shape index (κ1) is 39.0. The number of aliphatic hydroxyl groups is 1. The minimum absolute atomic E-state index is 0.0231. The summed E-state index contributed by atoms with van der Waals surface area (Å²) < 4.78 is 21.1. The molecule has 0 unspecified atom stereocenters. The van der Waals surface area contributed by atoms with Gasteiger partial charge in [-0.1, -0.05) is 70.7 Å². The first-order valence-corrected chi connectivity index (χ1v) is 15.3. The molecule has 0 atom stereocenters. The average molecular weight is 732 g/mol. The average Bonchev–Trinajstić information content (AvgIpc) is 3.03. The van der Waals surface area contributed by atoms with E-state index >= 15 is 0 Å². The van der Waals surface area contributed by atoms with Crippen molar-refractivity contribution in [2.24, 2.45) is 0 Å². The fourth-order valence-corrected chi connectivity index (χ4v) is 3.73. The van der Waals surface area contributed by atoms with E-state index in [1.807, 2.05) is 0 Å². The van der Waals surface area contributed by atoms with Crippen LogP contribution >= 0.6 is 46.4 Å². The minimum atomic E-state index is -1.25. The normalized spacial score (nSPS) is 11.5. The van der Waals surface area contributed by atoms with Crippen molar-refractivity contribution in [2.75, 3.05) is 27.3 Å². The Morgan fingerprint density at radius 2 is 1.13 bits per heavy atom. The molecule has 12 nitrogen and oxygen atoms in total. The second-order valence-electron chi connectivity index (χ2n) is 9.09. The Labute approximate surface area is 290 Å². The third-order valence-electron chi connectivity index (χ3n) is 5.65. The predicted molar refractivity (Wildman–Crippen MR) is 177 cm³/mol. The molecule has 16 heteroatoms. The van der Waals surface area contributed by atoms with E-state index in [9.17, 15) is 29.1 Å². The van der Waals surface area contributed by atoms with Gasteiger partial charge < -0.3 is 34.7 Å². The summed E-state index contributed by atoms with van der Waals surface area (Å²) >= 11 is 21.7. The van der Waals surface area contributed by atoms with Crippen LogP contribution in [-0.2, 0) is 24.0 Å². The summed E-state index contributed by atoms with van der Waals surface area (Å²) in [6.07, 6.45) is 6.21. The minimum Gasteiger partial charge on any atom is -0.508 e. The Morgan fingerprint density at radius 1 is 0.702 bits per heavy atom. The summed E-state index contributed by atoms with van der Waals surface area (Å²) in [4.78, 5) is 56.8. The fourth-order valence-electron chi connectivity index (χ4n) is 3.42. The molecule has 0 radical (unpaired) electrons. The monoisotopic (exact) mass is 730 g/mol. The third-order valence-corrected chi connectivity index (χ3v) is 6.45. The maximum atomic E-state index is 12.4. The molecule has 0 aliphatic heterocycles. The Bertz CT molecular complexity index is 1540. The summed E-state index contributed by atoms with van der Waals surface area (Å²) in [7, 11) is 2.75. The first-order chi connectivity index (χ1) is 22.3. The van der Waals surface area contributed by atoms with Crippen molar-refractivity contribution in [1.29, 1.82) is 0 Å². The van der Waals surface area contributed by atoms with Gasteiger partial charge in [0.25, 0.3) is 11.8 Å². The largest absolute Gasteiger partial charge is 0.508 e. The van der Waals surface area contributed by atoms with Crippen LogP contribution in [0.3, 0.4) is 0 Å². The molecule has 0 spiro atoms. The van der Waals surface area contributed by atoms with Crippen molar-refractivity contribution in [1.82, 2.24) is 10.6 Å². The van der Waals surface area contributed by atoms with Gasteiger partial charge in [0.05, 0.1) is 27.1 Å². The number of hydrogen-bond acceptors (Lipinski definition) is 10. The third kappa shape index (κ3) is 14.4. The number of carbonyl (C=O) groups is 5. The van der Waals surface area contributed by atoms with Crippen molar-refractivity contribution in [3.05, 3.63) is 71.5 Å². The maximum Gasteiger partial charge on any atom is 0.313 e. The number of allylic oxidation sites excluding steroid dienone is 3. The highest BCUT2D eigenvalue weighted by Gasteiger charge is 2.15. The van der Waals surface area contributed by atoms with Crippen molar-refractivity contribution in [3.8, 4) is 23.0 Å². The number of rotatable bonds is 17. The van der Waals surface area contributed by atoms with Gasteiger partial charge in [-0.25, -0.2) is 0 Å². The summed E-state index contributed by atoms with van der Waals surface area (Å²) in [5.41, 5.74) is 1.10. The fraction of sp³-hybridized carbons (Fsp3) is 0.258. The number of ether oxygens (including phenoxy) is 4. The van der Waals surface area contributed by atoms with E-state index in [2.05, 4.69) is 10.6 Å². The van der Waals surface area contributed by atoms with Crippen LogP contribution in [0.15, 0.2) is 60.4 Å². The molecule has 2 rings (SSSR count). The van der Waals surface area contributed by atoms with E-state index in [1.54, 1.807) is 18.2 Å². The summed E-state index contributed by atoms with van der Waals surface area (Å²) in [6.45, 7) is -0.0481. The molecule has 0 aliphatic carbocycles. The van der Waals surface area contributed by atoms with Crippen LogP contribution in [0, 0.1) is 0 Å². The molecule has 2 aromatic rings. The molecule has 0 saturated heterocycles. The molecule has 0 saturated carbocycles. The highest BCUT2D eigenvalue weighted by Crippen LogP contribution is 2.30. The highest BCUT2D eigenvalue weighted by molar-refractivity contribution is 6.53. The van der Waals surface area contributed by atoms with Crippen molar-refractivity contribution in [3.63, 3.8) is 0 Å². The number of benzene rings is 2. The second-order valence-corrected chi connectivity index (χ2v) is 11.3. The van der Waals surface area contributed by atoms with Crippen LogP contribution in [0.1, 0.15) is 24.0 Å². The van der Waals surface area contributed by atoms with Crippen LogP contribution in [0.25, 0.3) is 12.2 Å². The lowest BCUT2D eigenvalue weighted by atomic mass is 10.1. The van der Waals surface area contributed by atoms with Gasteiger partial charge in [0.1, 0.15) is 5.76 Å². The first-order valence-electron chi connectivity index (χ1n) is 13.5. The molecule has 0 bridgehead atoms. The lowest BCUT2D eigenvalue weighted by Gasteiger charge is -2.10. The smallest absolute Gasteiger partial charge is 0.313 e. The quantitative estimate of drug-likeness (QED) is 0.0510. The van der Waals surface area contributed by atoms with Gasteiger partial charge in [-0.05, 0) is 47.5 Å². The Kier molecular flexibility index (Phi) is 16.7. The number of hydrogen-bond donors (Lipinski definition) is 3.